The molecule has 0 saturated carbocycles. The number of fused-ring (bicyclic) bond motifs is 2. The van der Waals surface area contributed by atoms with Crippen molar-refractivity contribution in [2.75, 3.05) is 6.61 Å². The molecule has 31 heavy (non-hydrogen) atoms. The lowest BCUT2D eigenvalue weighted by atomic mass is 10.1. The van der Waals surface area contributed by atoms with E-state index in [1.807, 2.05) is 30.3 Å². The first-order chi connectivity index (χ1) is 15.1. The summed E-state index contributed by atoms with van der Waals surface area (Å²) < 4.78 is 30.5. The molecule has 6 heteroatoms. The van der Waals surface area contributed by atoms with Crippen molar-refractivity contribution < 1.29 is 23.4 Å². The van der Waals surface area contributed by atoms with Gasteiger partial charge in [0.15, 0.2) is 5.76 Å². The Hall–Kier alpha value is -3.57. The first-order valence-corrected chi connectivity index (χ1v) is 10.0. The largest absolute Gasteiger partial charge is 0.489 e. The molecular weight excluding hydrogens is 419 g/mol. The Balaban J connectivity index is 1.33. The first-order valence-electron chi connectivity index (χ1n) is 9.64. The van der Waals surface area contributed by atoms with Crippen LogP contribution in [0.2, 0.25) is 5.02 Å². The molecule has 0 atom stereocenters. The van der Waals surface area contributed by atoms with Gasteiger partial charge in [0.2, 0.25) is 5.78 Å². The summed E-state index contributed by atoms with van der Waals surface area (Å²) in [7, 11) is 0. The van der Waals surface area contributed by atoms with E-state index in [1.54, 1.807) is 30.3 Å². The molecule has 0 saturated heterocycles. The van der Waals surface area contributed by atoms with E-state index in [2.05, 4.69) is 0 Å². The minimum Gasteiger partial charge on any atom is -0.489 e. The van der Waals surface area contributed by atoms with Gasteiger partial charge in [0.25, 0.3) is 0 Å². The van der Waals surface area contributed by atoms with Crippen LogP contribution in [0.15, 0.2) is 78.1 Å². The highest BCUT2D eigenvalue weighted by molar-refractivity contribution is 6.31. The van der Waals surface area contributed by atoms with Crippen molar-refractivity contribution in [1.82, 2.24) is 0 Å². The first kappa shape index (κ1) is 19.4. The molecule has 0 aromatic heterocycles. The number of halogens is 2. The Morgan fingerprint density at radius 3 is 2.81 bits per heavy atom. The lowest BCUT2D eigenvalue weighted by Gasteiger charge is -2.15. The molecule has 0 spiro atoms. The normalized spacial score (nSPS) is 15.6. The van der Waals surface area contributed by atoms with Gasteiger partial charge in [-0.2, -0.15) is 0 Å². The molecule has 2 aliphatic rings. The number of ether oxygens (including phenoxy) is 3. The highest BCUT2D eigenvalue weighted by atomic mass is 35.5. The van der Waals surface area contributed by atoms with Crippen LogP contribution < -0.4 is 14.2 Å². The van der Waals surface area contributed by atoms with Gasteiger partial charge >= 0.3 is 0 Å². The molecule has 0 unspecified atom stereocenters. The molecule has 0 aliphatic carbocycles. The summed E-state index contributed by atoms with van der Waals surface area (Å²) in [6.45, 7) is 0.526. The maximum Gasteiger partial charge on any atom is 0.231 e. The number of hydrogen-bond acceptors (Lipinski definition) is 4. The number of rotatable bonds is 4. The lowest BCUT2D eigenvalue weighted by Crippen LogP contribution is -2.08. The summed E-state index contributed by atoms with van der Waals surface area (Å²) in [5.41, 5.74) is 2.93. The Morgan fingerprint density at radius 1 is 1.06 bits per heavy atom. The number of Topliss-reactive ketones (excluding diaryl/α,β-unsaturated/α-hetero) is 1. The van der Waals surface area contributed by atoms with Crippen LogP contribution in [0.1, 0.15) is 21.5 Å². The van der Waals surface area contributed by atoms with E-state index >= 15 is 0 Å². The van der Waals surface area contributed by atoms with E-state index in [0.717, 1.165) is 16.9 Å². The zero-order valence-corrected chi connectivity index (χ0v) is 17.0. The van der Waals surface area contributed by atoms with E-state index in [4.69, 9.17) is 25.8 Å². The summed E-state index contributed by atoms with van der Waals surface area (Å²) >= 11 is 6.04. The van der Waals surface area contributed by atoms with Gasteiger partial charge in [-0.1, -0.05) is 35.9 Å². The van der Waals surface area contributed by atoms with Crippen molar-refractivity contribution in [2.45, 2.75) is 6.61 Å². The molecule has 2 heterocycles. The van der Waals surface area contributed by atoms with Gasteiger partial charge in [-0.3, -0.25) is 4.79 Å². The van der Waals surface area contributed by atoms with Gasteiger partial charge in [-0.25, -0.2) is 4.39 Å². The van der Waals surface area contributed by atoms with Crippen LogP contribution in [0.25, 0.3) is 6.08 Å². The highest BCUT2D eigenvalue weighted by Crippen LogP contribution is 2.36. The average Bonchev–Trinajstić information content (AvgIpc) is 3.07. The smallest absolute Gasteiger partial charge is 0.231 e. The van der Waals surface area contributed by atoms with Crippen LogP contribution in [0, 0.1) is 5.82 Å². The van der Waals surface area contributed by atoms with Crippen molar-refractivity contribution in [2.24, 2.45) is 0 Å². The van der Waals surface area contributed by atoms with Crippen LogP contribution >= 0.6 is 11.6 Å². The van der Waals surface area contributed by atoms with Gasteiger partial charge < -0.3 is 14.2 Å². The molecule has 0 N–H and O–H groups in total. The second-order valence-electron chi connectivity index (χ2n) is 7.17. The molecule has 2 aliphatic heterocycles. The van der Waals surface area contributed by atoms with Crippen molar-refractivity contribution in [3.63, 3.8) is 0 Å². The SMILES string of the molecule is O=C1C(=CC2=Cc3ccccc3OC2)Oc2cc(OCc3ccc(F)cc3Cl)ccc21. The van der Waals surface area contributed by atoms with Gasteiger partial charge in [-0.05, 0) is 48.1 Å². The van der Waals surface area contributed by atoms with E-state index in [0.29, 0.717) is 34.3 Å². The number of carbonyl (C=O) groups is 1. The molecule has 4 nitrogen and oxygen atoms in total. The van der Waals surface area contributed by atoms with Crippen molar-refractivity contribution in [3.8, 4) is 17.2 Å². The van der Waals surface area contributed by atoms with Gasteiger partial charge in [0.05, 0.1) is 10.6 Å². The second kappa shape index (κ2) is 7.93. The Bertz CT molecular complexity index is 1260. The molecule has 0 bridgehead atoms. The quantitative estimate of drug-likeness (QED) is 0.473. The lowest BCUT2D eigenvalue weighted by molar-refractivity contribution is 0.101. The fourth-order valence-electron chi connectivity index (χ4n) is 3.44. The molecule has 5 rings (SSSR count). The number of benzene rings is 3. The third-order valence-corrected chi connectivity index (χ3v) is 5.37. The van der Waals surface area contributed by atoms with E-state index in [-0.39, 0.29) is 18.1 Å². The molecule has 3 aromatic rings. The number of para-hydroxylation sites is 1. The monoisotopic (exact) mass is 434 g/mol. The predicted octanol–water partition coefficient (Wildman–Crippen LogP) is 5.99. The van der Waals surface area contributed by atoms with Crippen molar-refractivity contribution >= 4 is 23.5 Å². The van der Waals surface area contributed by atoms with Crippen LogP contribution in [-0.4, -0.2) is 12.4 Å². The predicted molar refractivity (Wildman–Crippen MR) is 115 cm³/mol. The molecule has 0 amide bonds. The summed E-state index contributed by atoms with van der Waals surface area (Å²) in [5, 5.41) is 0.294. The zero-order valence-electron chi connectivity index (χ0n) is 16.2. The fourth-order valence-corrected chi connectivity index (χ4v) is 3.66. The Kier molecular flexibility index (Phi) is 4.96. The van der Waals surface area contributed by atoms with Crippen molar-refractivity contribution in [1.29, 1.82) is 0 Å². The average molecular weight is 435 g/mol. The van der Waals surface area contributed by atoms with Crippen LogP contribution in [-0.2, 0) is 6.61 Å². The Morgan fingerprint density at radius 2 is 1.94 bits per heavy atom. The van der Waals surface area contributed by atoms with Gasteiger partial charge in [0, 0.05) is 17.2 Å². The minimum atomic E-state index is -0.403. The third-order valence-electron chi connectivity index (χ3n) is 5.02. The minimum absolute atomic E-state index is 0.165. The highest BCUT2D eigenvalue weighted by Gasteiger charge is 2.28. The Labute approximate surface area is 183 Å². The summed E-state index contributed by atoms with van der Waals surface area (Å²) in [5.74, 6) is 1.40. The topological polar surface area (TPSA) is 44.8 Å². The van der Waals surface area contributed by atoms with Crippen LogP contribution in [0.4, 0.5) is 4.39 Å². The molecule has 0 radical (unpaired) electrons. The molecular formula is C25H16ClFO4. The second-order valence-corrected chi connectivity index (χ2v) is 7.58. The van der Waals surface area contributed by atoms with Crippen LogP contribution in [0.3, 0.4) is 0 Å². The molecule has 3 aromatic carbocycles. The fraction of sp³-hybridized carbons (Fsp3) is 0.0800. The molecule has 154 valence electrons. The standard InChI is InChI=1S/C25H16ClFO4/c26-21-11-18(27)6-5-17(21)14-29-19-7-8-20-23(12-19)31-24(25(20)28)10-15-9-16-3-1-2-4-22(16)30-13-15/h1-12H,13-14H2. The maximum absolute atomic E-state index is 13.2. The van der Waals surface area contributed by atoms with Gasteiger partial charge in [-0.15, -0.1) is 0 Å². The number of carbonyl (C=O) groups excluding carboxylic acids is 1. The zero-order chi connectivity index (χ0) is 21.4. The summed E-state index contributed by atoms with van der Waals surface area (Å²) in [4.78, 5) is 12.7. The van der Waals surface area contributed by atoms with Crippen LogP contribution in [0.5, 0.6) is 17.2 Å². The molecule has 0 fully saturated rings. The van der Waals surface area contributed by atoms with Gasteiger partial charge in [0.1, 0.15) is 36.3 Å². The number of allylic oxidation sites excluding steroid dienone is 1. The summed E-state index contributed by atoms with van der Waals surface area (Å²) in [6, 6.07) is 16.9. The van der Waals surface area contributed by atoms with E-state index in [1.165, 1.54) is 12.1 Å². The summed E-state index contributed by atoms with van der Waals surface area (Å²) in [6.07, 6.45) is 3.68. The number of ketones is 1. The van der Waals surface area contributed by atoms with Crippen molar-refractivity contribution in [3.05, 3.63) is 106 Å². The third kappa shape index (κ3) is 3.92. The number of hydrogen-bond donors (Lipinski definition) is 0. The maximum atomic E-state index is 13.2. The van der Waals surface area contributed by atoms with E-state index < -0.39 is 5.82 Å². The van der Waals surface area contributed by atoms with E-state index in [9.17, 15) is 9.18 Å².